The van der Waals surface area contributed by atoms with Crippen LogP contribution in [0.25, 0.3) is 0 Å². The van der Waals surface area contributed by atoms with Crippen molar-refractivity contribution in [1.82, 2.24) is 5.06 Å². The Bertz CT molecular complexity index is 1490. The number of hydroxylamine groups is 6. The number of ether oxygens (including phenoxy) is 5. The summed E-state index contributed by atoms with van der Waals surface area (Å²) in [6, 6.07) is 0. The van der Waals surface area contributed by atoms with Crippen LogP contribution in [0.5, 0.6) is 0 Å². The minimum Gasteiger partial charge on any atom is -0.588 e. The highest BCUT2D eigenvalue weighted by Crippen LogP contribution is 2.55. The molecular formula is C39H60N2O15. The van der Waals surface area contributed by atoms with E-state index in [4.69, 9.17) is 33.4 Å². The van der Waals surface area contributed by atoms with Crippen LogP contribution in [0.1, 0.15) is 113 Å². The van der Waals surface area contributed by atoms with Crippen molar-refractivity contribution < 1.29 is 72.4 Å². The Morgan fingerprint density at radius 3 is 1.70 bits per heavy atom. The molecule has 2 N–H and O–H groups in total. The molecule has 2 aliphatic heterocycles. The number of aliphatic hydroxyl groups excluding tert-OH is 2. The molecule has 56 heavy (non-hydrogen) atoms. The maximum atomic E-state index is 15.1. The van der Waals surface area contributed by atoms with Crippen LogP contribution in [0.2, 0.25) is 0 Å². The fourth-order valence-corrected chi connectivity index (χ4v) is 10.0. The van der Waals surface area contributed by atoms with Gasteiger partial charge in [-0.2, -0.15) is 9.90 Å². The Labute approximate surface area is 327 Å². The van der Waals surface area contributed by atoms with Crippen molar-refractivity contribution in [2.75, 3.05) is 7.11 Å². The van der Waals surface area contributed by atoms with Crippen LogP contribution >= 0.6 is 0 Å². The van der Waals surface area contributed by atoms with Crippen molar-refractivity contribution in [1.29, 1.82) is 0 Å². The summed E-state index contributed by atoms with van der Waals surface area (Å²) in [7, 11) is 1.26. The zero-order valence-electron chi connectivity index (χ0n) is 34.0. The van der Waals surface area contributed by atoms with Crippen molar-refractivity contribution in [2.45, 2.75) is 162 Å². The number of hydrogen-bond acceptors (Lipinski definition) is 15. The number of carbonyl (C=O) groups excluding carboxylic acids is 5. The van der Waals surface area contributed by atoms with Crippen LogP contribution in [0, 0.1) is 40.7 Å². The highest BCUT2D eigenvalue weighted by molar-refractivity contribution is 5.86. The van der Waals surface area contributed by atoms with E-state index < -0.39 is 119 Å². The molecule has 3 saturated carbocycles. The first-order chi connectivity index (χ1) is 26.4. The van der Waals surface area contributed by atoms with Crippen LogP contribution < -0.4 is 0 Å². The van der Waals surface area contributed by atoms with Gasteiger partial charge in [-0.05, 0) is 69.6 Å². The number of hydrogen-bond donors (Lipinski definition) is 2. The van der Waals surface area contributed by atoms with Crippen molar-refractivity contribution in [3.63, 3.8) is 0 Å². The molecule has 4 fully saturated rings. The van der Waals surface area contributed by atoms with E-state index in [1.807, 2.05) is 6.92 Å². The standard InChI is InChI=1S/C39H60N2O15/c1-10-19(3)32-37(47)41(49)39(20(4)11-2,38(48)40(32)50-9)55-29-18-26(14-17-28(29)56-41)31-35(53-23(7)44)33(51-21(5)42)30(25-12-15-27(46)16-13-25)34(52-22(6)43)36(31)54-24(8)45/h19-20,25-31,33-36,46-47H,10-18H2,1-9H3/t19-,20-,25?,26?,27?,28?,29?,30?,31?,33?,34?,35?,36?,39+,41-/m0/s1. The number of allylic oxidation sites excluding steroid dienone is 1. The molecule has 0 radical (unpaired) electrons. The lowest BCUT2D eigenvalue weighted by Gasteiger charge is -2.61. The molecule has 1 amide bonds. The Balaban J connectivity index is 1.63. The molecule has 17 nitrogen and oxygen atoms in total. The largest absolute Gasteiger partial charge is 0.588 e. The summed E-state index contributed by atoms with van der Waals surface area (Å²) in [5.74, 6) is -8.15. The summed E-state index contributed by atoms with van der Waals surface area (Å²) in [4.78, 5) is 76.1. The lowest BCUT2D eigenvalue weighted by atomic mass is 9.60. The van der Waals surface area contributed by atoms with Gasteiger partial charge in [0.25, 0.3) is 0 Å². The number of esters is 4. The number of quaternary nitrogens is 1. The van der Waals surface area contributed by atoms with Gasteiger partial charge in [-0.1, -0.05) is 27.7 Å². The van der Waals surface area contributed by atoms with Gasteiger partial charge in [0, 0.05) is 45.4 Å². The minimum atomic E-state index is -2.33. The summed E-state index contributed by atoms with van der Waals surface area (Å²) in [6.45, 7) is 11.9. The number of carbonyl (C=O) groups is 5. The first kappa shape index (κ1) is 43.8. The third-order valence-electron chi connectivity index (χ3n) is 12.8. The van der Waals surface area contributed by atoms with Gasteiger partial charge in [0.2, 0.25) is 0 Å². The van der Waals surface area contributed by atoms with Gasteiger partial charge in [-0.3, -0.25) is 28.8 Å². The van der Waals surface area contributed by atoms with E-state index in [-0.39, 0.29) is 37.3 Å². The molecule has 0 aromatic heterocycles. The fourth-order valence-electron chi connectivity index (χ4n) is 10.0. The average molecular weight is 797 g/mol. The molecule has 316 valence electrons. The first-order valence-electron chi connectivity index (χ1n) is 20.0. The molecule has 0 bridgehead atoms. The van der Waals surface area contributed by atoms with Gasteiger partial charge >= 0.3 is 41.4 Å². The van der Waals surface area contributed by atoms with Crippen LogP contribution in [0.3, 0.4) is 0 Å². The second-order valence-corrected chi connectivity index (χ2v) is 16.3. The molecule has 0 aromatic rings. The number of fused-ring (bicyclic) bond motifs is 2. The van der Waals surface area contributed by atoms with Crippen molar-refractivity contribution >= 4 is 29.8 Å². The zero-order chi connectivity index (χ0) is 41.4. The summed E-state index contributed by atoms with van der Waals surface area (Å²) in [5.41, 5.74) is -2.35. The van der Waals surface area contributed by atoms with E-state index in [1.165, 1.54) is 34.8 Å². The molecule has 1 saturated heterocycles. The smallest absolute Gasteiger partial charge is 0.348 e. The molecule has 17 heteroatoms. The van der Waals surface area contributed by atoms with E-state index in [9.17, 15) is 34.2 Å². The molecule has 3 aliphatic carbocycles. The van der Waals surface area contributed by atoms with Gasteiger partial charge in [-0.25, -0.2) is 0 Å². The van der Waals surface area contributed by atoms with E-state index in [0.29, 0.717) is 32.1 Å². The summed E-state index contributed by atoms with van der Waals surface area (Å²) in [6.07, 6.45) is -4.00. The SMILES string of the molecule is CC[C@H](C)C1=C(O)[N@+]2([O-])OC3CCC(C4C(OC(C)=O)C(OC(C)=O)C(C5CCC(O)CC5)C(OC(C)=O)C4OC(C)=O)CC3O[C@]2([C@@H](C)CC)C(=O)N1OC. The van der Waals surface area contributed by atoms with E-state index in [0.717, 1.165) is 5.06 Å². The predicted molar refractivity (Wildman–Crippen MR) is 193 cm³/mol. The lowest BCUT2D eigenvalue weighted by molar-refractivity contribution is -1.12. The molecule has 11 atom stereocenters. The summed E-state index contributed by atoms with van der Waals surface area (Å²) >= 11 is 0. The minimum absolute atomic E-state index is 0.0182. The van der Waals surface area contributed by atoms with Crippen LogP contribution in [0.4, 0.5) is 0 Å². The maximum Gasteiger partial charge on any atom is 0.348 e. The van der Waals surface area contributed by atoms with Gasteiger partial charge < -0.3 is 39.1 Å². The normalized spacial score (nSPS) is 39.7. The first-order valence-corrected chi connectivity index (χ1v) is 20.0. The van der Waals surface area contributed by atoms with Gasteiger partial charge in [0.05, 0.1) is 25.2 Å². The van der Waals surface area contributed by atoms with Gasteiger partial charge in [0.15, 0.2) is 5.70 Å². The summed E-state index contributed by atoms with van der Waals surface area (Å²) < 4.78 is 30.9. The Morgan fingerprint density at radius 2 is 1.27 bits per heavy atom. The Kier molecular flexibility index (Phi) is 13.5. The quantitative estimate of drug-likeness (QED) is 0.129. The van der Waals surface area contributed by atoms with Gasteiger partial charge in [0.1, 0.15) is 30.5 Å². The molecule has 5 rings (SSSR count). The second-order valence-electron chi connectivity index (χ2n) is 16.3. The number of nitrogens with zero attached hydrogens (tertiary/aromatic N) is 2. The molecule has 7 unspecified atom stereocenters. The highest BCUT2D eigenvalue weighted by Gasteiger charge is 2.73. The van der Waals surface area contributed by atoms with Crippen molar-refractivity contribution in [2.24, 2.45) is 35.5 Å². The fraction of sp³-hybridized carbons (Fsp3) is 0.821. The number of amides is 1. The zero-order valence-corrected chi connectivity index (χ0v) is 34.0. The number of rotatable bonds is 11. The summed E-state index contributed by atoms with van der Waals surface area (Å²) in [5, 5.41) is 38.1. The maximum absolute atomic E-state index is 15.1. The van der Waals surface area contributed by atoms with Crippen LogP contribution in [-0.2, 0) is 57.3 Å². The lowest BCUT2D eigenvalue weighted by Crippen LogP contribution is -2.79. The third kappa shape index (κ3) is 7.78. The monoisotopic (exact) mass is 796 g/mol. The highest BCUT2D eigenvalue weighted by atomic mass is 17.0. The molecule has 0 spiro atoms. The predicted octanol–water partition coefficient (Wildman–Crippen LogP) is 4.24. The Hall–Kier alpha value is -3.35. The second kappa shape index (κ2) is 17.2. The molecular weight excluding hydrogens is 736 g/mol. The van der Waals surface area contributed by atoms with Crippen molar-refractivity contribution in [3.05, 3.63) is 16.8 Å². The number of aliphatic hydroxyl groups is 2. The van der Waals surface area contributed by atoms with E-state index in [2.05, 4.69) is 0 Å². The van der Waals surface area contributed by atoms with E-state index in [1.54, 1.807) is 20.8 Å². The van der Waals surface area contributed by atoms with Crippen LogP contribution in [0.15, 0.2) is 11.6 Å². The van der Waals surface area contributed by atoms with Crippen molar-refractivity contribution in [3.8, 4) is 0 Å². The molecule has 2 heterocycles. The van der Waals surface area contributed by atoms with Crippen LogP contribution in [-0.4, -0.2) is 105 Å². The molecule has 5 aliphatic rings. The third-order valence-corrected chi connectivity index (χ3v) is 12.8. The topological polar surface area (TPSA) is 217 Å². The Morgan fingerprint density at radius 1 is 0.804 bits per heavy atom. The molecule has 0 aromatic carbocycles. The van der Waals surface area contributed by atoms with E-state index >= 15 is 5.21 Å². The average Bonchev–Trinajstić information content (AvgIpc) is 3.13. The van der Waals surface area contributed by atoms with Gasteiger partial charge in [-0.15, -0.1) is 4.81 Å².